The van der Waals surface area contributed by atoms with Crippen LogP contribution in [0, 0.1) is 0 Å². The van der Waals surface area contributed by atoms with Crippen molar-refractivity contribution in [1.29, 1.82) is 0 Å². The smallest absolute Gasteiger partial charge is 0.236 e. The van der Waals surface area contributed by atoms with Crippen molar-refractivity contribution in [3.63, 3.8) is 0 Å². The molecule has 0 radical (unpaired) electrons. The minimum Gasteiger partial charge on any atom is -0.236 e. The molecule has 96 valence electrons. The molecule has 0 bridgehead atoms. The molecule has 0 spiro atoms. The number of hydrogen-bond donors (Lipinski definition) is 0. The molecule has 0 N–H and O–H groups in total. The molecule has 3 aromatic rings. The standard InChI is InChI=1S/C11H9N5O2S/c1-19(17,18)11-13-5-3-9(15-11)8-7-14-16-6-2-4-12-10(8)16/h2-7H,1H3. The molecule has 8 heteroatoms. The van der Waals surface area contributed by atoms with Gasteiger partial charge in [0.2, 0.25) is 15.0 Å². The SMILES string of the molecule is CS(=O)(=O)c1nccc(-c2cnn3cccnc23)n1. The van der Waals surface area contributed by atoms with E-state index in [4.69, 9.17) is 0 Å². The quantitative estimate of drug-likeness (QED) is 0.636. The van der Waals surface area contributed by atoms with Gasteiger partial charge >= 0.3 is 0 Å². The van der Waals surface area contributed by atoms with E-state index in [2.05, 4.69) is 20.1 Å². The molecule has 0 amide bonds. The van der Waals surface area contributed by atoms with Gasteiger partial charge in [-0.3, -0.25) is 0 Å². The molecule has 19 heavy (non-hydrogen) atoms. The number of aromatic nitrogens is 5. The molecule has 0 saturated carbocycles. The summed E-state index contributed by atoms with van der Waals surface area (Å²) in [6.45, 7) is 0. The molecule has 0 unspecified atom stereocenters. The molecular weight excluding hydrogens is 266 g/mol. The van der Waals surface area contributed by atoms with Crippen LogP contribution in [0.25, 0.3) is 16.9 Å². The number of sulfone groups is 1. The molecule has 0 aliphatic carbocycles. The molecule has 0 saturated heterocycles. The Morgan fingerprint density at radius 2 is 2.05 bits per heavy atom. The molecule has 0 atom stereocenters. The van der Waals surface area contributed by atoms with Crippen molar-refractivity contribution in [3.8, 4) is 11.3 Å². The normalized spacial score (nSPS) is 11.8. The van der Waals surface area contributed by atoms with Crippen LogP contribution in [-0.4, -0.2) is 39.2 Å². The van der Waals surface area contributed by atoms with Crippen molar-refractivity contribution in [2.24, 2.45) is 0 Å². The third-order valence-corrected chi connectivity index (χ3v) is 3.38. The van der Waals surface area contributed by atoms with Crippen LogP contribution in [0.2, 0.25) is 0 Å². The Morgan fingerprint density at radius 3 is 2.84 bits per heavy atom. The highest BCUT2D eigenvalue weighted by Crippen LogP contribution is 2.21. The van der Waals surface area contributed by atoms with Crippen molar-refractivity contribution >= 4 is 15.5 Å². The summed E-state index contributed by atoms with van der Waals surface area (Å²) < 4.78 is 24.5. The molecule has 3 aromatic heterocycles. The van der Waals surface area contributed by atoms with Crippen LogP contribution in [0.5, 0.6) is 0 Å². The maximum Gasteiger partial charge on any atom is 0.247 e. The van der Waals surface area contributed by atoms with Gasteiger partial charge < -0.3 is 0 Å². The van der Waals surface area contributed by atoms with E-state index in [1.165, 1.54) is 6.20 Å². The lowest BCUT2D eigenvalue weighted by Gasteiger charge is -2.00. The fourth-order valence-electron chi connectivity index (χ4n) is 1.68. The summed E-state index contributed by atoms with van der Waals surface area (Å²) in [5.41, 5.74) is 1.75. The Labute approximate surface area is 108 Å². The van der Waals surface area contributed by atoms with E-state index in [9.17, 15) is 8.42 Å². The summed E-state index contributed by atoms with van der Waals surface area (Å²) in [6.07, 6.45) is 7.46. The van der Waals surface area contributed by atoms with Gasteiger partial charge in [-0.1, -0.05) is 0 Å². The van der Waals surface area contributed by atoms with Crippen molar-refractivity contribution in [3.05, 3.63) is 36.9 Å². The van der Waals surface area contributed by atoms with Gasteiger partial charge in [-0.15, -0.1) is 0 Å². The van der Waals surface area contributed by atoms with Crippen LogP contribution >= 0.6 is 0 Å². The second-order valence-electron chi connectivity index (χ2n) is 3.94. The summed E-state index contributed by atoms with van der Waals surface area (Å²) in [5.74, 6) is 0. The molecule has 0 aromatic carbocycles. The van der Waals surface area contributed by atoms with Gasteiger partial charge in [0.25, 0.3) is 0 Å². The fourth-order valence-corrected chi connectivity index (χ4v) is 2.19. The van der Waals surface area contributed by atoms with Crippen LogP contribution in [0.3, 0.4) is 0 Å². The van der Waals surface area contributed by atoms with Crippen molar-refractivity contribution in [1.82, 2.24) is 24.6 Å². The second kappa shape index (κ2) is 4.09. The molecule has 0 aliphatic heterocycles. The van der Waals surface area contributed by atoms with Gasteiger partial charge in [-0.2, -0.15) is 5.10 Å². The minimum atomic E-state index is -3.44. The predicted molar refractivity (Wildman–Crippen MR) is 67.1 cm³/mol. The lowest BCUT2D eigenvalue weighted by molar-refractivity contribution is 0.593. The molecule has 7 nitrogen and oxygen atoms in total. The first-order valence-corrected chi connectivity index (χ1v) is 7.27. The average Bonchev–Trinajstić information content (AvgIpc) is 2.82. The van der Waals surface area contributed by atoms with Gasteiger partial charge in [0, 0.05) is 24.8 Å². The number of nitrogens with zero attached hydrogens (tertiary/aromatic N) is 5. The van der Waals surface area contributed by atoms with Crippen LogP contribution < -0.4 is 0 Å². The molecular formula is C11H9N5O2S. The van der Waals surface area contributed by atoms with Gasteiger partial charge in [-0.05, 0) is 12.1 Å². The lowest BCUT2D eigenvalue weighted by Crippen LogP contribution is -2.04. The summed E-state index contributed by atoms with van der Waals surface area (Å²) in [5, 5.41) is 3.92. The Hall–Kier alpha value is -2.35. The van der Waals surface area contributed by atoms with Gasteiger partial charge in [0.1, 0.15) is 0 Å². The third kappa shape index (κ3) is 2.06. The van der Waals surface area contributed by atoms with E-state index >= 15 is 0 Å². The van der Waals surface area contributed by atoms with E-state index in [-0.39, 0.29) is 5.16 Å². The summed E-state index contributed by atoms with van der Waals surface area (Å²) >= 11 is 0. The fraction of sp³-hybridized carbons (Fsp3) is 0.0909. The molecule has 0 fully saturated rings. The number of hydrogen-bond acceptors (Lipinski definition) is 6. The lowest BCUT2D eigenvalue weighted by atomic mass is 10.2. The maximum absolute atomic E-state index is 11.5. The Bertz CT molecular complexity index is 856. The van der Waals surface area contributed by atoms with E-state index in [1.807, 2.05) is 0 Å². The van der Waals surface area contributed by atoms with Crippen molar-refractivity contribution in [2.75, 3.05) is 6.26 Å². The Morgan fingerprint density at radius 1 is 1.21 bits per heavy atom. The van der Waals surface area contributed by atoms with Crippen molar-refractivity contribution in [2.45, 2.75) is 5.16 Å². The van der Waals surface area contributed by atoms with Crippen LogP contribution in [-0.2, 0) is 9.84 Å². The van der Waals surface area contributed by atoms with E-state index in [0.29, 0.717) is 16.9 Å². The Kier molecular flexibility index (Phi) is 2.53. The first-order chi connectivity index (χ1) is 9.05. The Balaban J connectivity index is 2.22. The first kappa shape index (κ1) is 11.7. The second-order valence-corrected chi connectivity index (χ2v) is 5.85. The van der Waals surface area contributed by atoms with Crippen LogP contribution in [0.4, 0.5) is 0 Å². The zero-order valence-electron chi connectivity index (χ0n) is 9.92. The zero-order valence-corrected chi connectivity index (χ0v) is 10.7. The highest BCUT2D eigenvalue weighted by Gasteiger charge is 2.14. The first-order valence-electron chi connectivity index (χ1n) is 5.37. The predicted octanol–water partition coefficient (Wildman–Crippen LogP) is 0.590. The topological polar surface area (TPSA) is 90.1 Å². The average molecular weight is 275 g/mol. The molecule has 3 rings (SSSR count). The number of rotatable bonds is 2. The van der Waals surface area contributed by atoms with Gasteiger partial charge in [0.15, 0.2) is 5.65 Å². The summed E-state index contributed by atoms with van der Waals surface area (Å²) in [6, 6.07) is 3.38. The summed E-state index contributed by atoms with van der Waals surface area (Å²) in [7, 11) is -3.44. The monoisotopic (exact) mass is 275 g/mol. The van der Waals surface area contributed by atoms with E-state index < -0.39 is 9.84 Å². The third-order valence-electron chi connectivity index (χ3n) is 2.52. The minimum absolute atomic E-state index is 0.208. The maximum atomic E-state index is 11.5. The van der Waals surface area contributed by atoms with Gasteiger partial charge in [-0.25, -0.2) is 27.9 Å². The summed E-state index contributed by atoms with van der Waals surface area (Å²) in [4.78, 5) is 12.0. The van der Waals surface area contributed by atoms with E-state index in [0.717, 1.165) is 6.26 Å². The largest absolute Gasteiger partial charge is 0.247 e. The zero-order chi connectivity index (χ0) is 13.5. The van der Waals surface area contributed by atoms with Crippen LogP contribution in [0.1, 0.15) is 0 Å². The van der Waals surface area contributed by atoms with Crippen molar-refractivity contribution < 1.29 is 8.42 Å². The molecule has 0 aliphatic rings. The highest BCUT2D eigenvalue weighted by molar-refractivity contribution is 7.90. The van der Waals surface area contributed by atoms with E-state index in [1.54, 1.807) is 35.2 Å². The number of fused-ring (bicyclic) bond motifs is 1. The van der Waals surface area contributed by atoms with Crippen LogP contribution in [0.15, 0.2) is 42.1 Å². The van der Waals surface area contributed by atoms with Gasteiger partial charge in [0.05, 0.1) is 17.5 Å². The highest BCUT2D eigenvalue weighted by atomic mass is 32.2. The molecule has 3 heterocycles.